The summed E-state index contributed by atoms with van der Waals surface area (Å²) in [5, 5.41) is 10.2. The van der Waals surface area contributed by atoms with Gasteiger partial charge in [-0.3, -0.25) is 4.40 Å². The van der Waals surface area contributed by atoms with Crippen LogP contribution in [0.3, 0.4) is 0 Å². The molecular formula is C22H19N9O. The standard InChI is InChI=1S/C22H19N9O/c1-14-25-16(13-17(23)26-14)20-21(28-18-9-5-6-12-30(18)20)29-19-10-11-24-31(19)22(32)27-15-7-3-2-4-8-15/h2-13,29H,1H3,(H,27,32)(H2,23,25,26). The van der Waals surface area contributed by atoms with E-state index in [1.807, 2.05) is 47.0 Å². The quantitative estimate of drug-likeness (QED) is 0.400. The molecular weight excluding hydrogens is 406 g/mol. The number of carbonyl (C=O) groups is 1. The molecule has 158 valence electrons. The van der Waals surface area contributed by atoms with Gasteiger partial charge >= 0.3 is 6.03 Å². The van der Waals surface area contributed by atoms with E-state index in [2.05, 4.69) is 30.7 Å². The molecule has 1 amide bonds. The molecule has 4 heterocycles. The molecule has 10 nitrogen and oxygen atoms in total. The van der Waals surface area contributed by atoms with E-state index in [-0.39, 0.29) is 0 Å². The molecule has 4 N–H and O–H groups in total. The summed E-state index contributed by atoms with van der Waals surface area (Å²) in [7, 11) is 0. The highest BCUT2D eigenvalue weighted by Crippen LogP contribution is 2.30. The summed E-state index contributed by atoms with van der Waals surface area (Å²) in [6, 6.07) is 17.8. The number of anilines is 4. The average molecular weight is 425 g/mol. The number of nitrogens with one attached hydrogen (secondary N) is 2. The summed E-state index contributed by atoms with van der Waals surface area (Å²) < 4.78 is 3.13. The minimum atomic E-state index is -0.406. The van der Waals surface area contributed by atoms with Crippen LogP contribution in [0.2, 0.25) is 0 Å². The van der Waals surface area contributed by atoms with Crippen molar-refractivity contribution in [3.63, 3.8) is 0 Å². The number of nitrogen functional groups attached to an aromatic ring is 1. The first-order valence-corrected chi connectivity index (χ1v) is 9.84. The van der Waals surface area contributed by atoms with Crippen LogP contribution in [0.15, 0.2) is 73.1 Å². The average Bonchev–Trinajstić information content (AvgIpc) is 3.38. The number of nitrogens with zero attached hydrogens (tertiary/aromatic N) is 6. The maximum Gasteiger partial charge on any atom is 0.348 e. The van der Waals surface area contributed by atoms with Crippen molar-refractivity contribution in [2.24, 2.45) is 0 Å². The molecule has 0 saturated carbocycles. The Labute approximate surface area is 182 Å². The van der Waals surface area contributed by atoms with Crippen molar-refractivity contribution in [3.8, 4) is 11.4 Å². The van der Waals surface area contributed by atoms with E-state index in [4.69, 9.17) is 5.73 Å². The van der Waals surface area contributed by atoms with Crippen molar-refractivity contribution in [3.05, 3.63) is 78.9 Å². The van der Waals surface area contributed by atoms with Gasteiger partial charge in [-0.2, -0.15) is 9.78 Å². The zero-order valence-corrected chi connectivity index (χ0v) is 17.1. The molecule has 0 fully saturated rings. The molecule has 32 heavy (non-hydrogen) atoms. The number of carbonyl (C=O) groups excluding carboxylic acids is 1. The third-order valence-corrected chi connectivity index (χ3v) is 4.74. The lowest BCUT2D eigenvalue weighted by Gasteiger charge is -2.10. The van der Waals surface area contributed by atoms with Crippen LogP contribution in [0.4, 0.5) is 27.9 Å². The van der Waals surface area contributed by atoms with E-state index in [0.29, 0.717) is 46.0 Å². The molecule has 0 bridgehead atoms. The summed E-state index contributed by atoms with van der Waals surface area (Å²) in [6.07, 6.45) is 3.42. The Kier molecular flexibility index (Phi) is 4.71. The number of amides is 1. The minimum absolute atomic E-state index is 0.358. The summed E-state index contributed by atoms with van der Waals surface area (Å²) >= 11 is 0. The predicted molar refractivity (Wildman–Crippen MR) is 122 cm³/mol. The van der Waals surface area contributed by atoms with Gasteiger partial charge in [-0.05, 0) is 31.2 Å². The van der Waals surface area contributed by atoms with Crippen LogP contribution >= 0.6 is 0 Å². The Morgan fingerprint density at radius 2 is 1.81 bits per heavy atom. The summed E-state index contributed by atoms with van der Waals surface area (Å²) in [6.45, 7) is 1.78. The maximum absolute atomic E-state index is 12.8. The summed E-state index contributed by atoms with van der Waals surface area (Å²) in [4.78, 5) is 26.2. The van der Waals surface area contributed by atoms with Gasteiger partial charge in [-0.15, -0.1) is 0 Å². The Morgan fingerprint density at radius 3 is 2.62 bits per heavy atom. The van der Waals surface area contributed by atoms with E-state index < -0.39 is 6.03 Å². The molecule has 0 aliphatic rings. The van der Waals surface area contributed by atoms with E-state index in [9.17, 15) is 4.79 Å². The number of rotatable bonds is 4. The number of imidazole rings is 1. The van der Waals surface area contributed by atoms with E-state index in [1.165, 1.54) is 10.9 Å². The van der Waals surface area contributed by atoms with Crippen molar-refractivity contribution < 1.29 is 4.79 Å². The Hall–Kier alpha value is -4.73. The molecule has 0 aliphatic carbocycles. The van der Waals surface area contributed by atoms with Crippen LogP contribution in [0, 0.1) is 6.92 Å². The molecule has 0 spiro atoms. The molecule has 1 aromatic carbocycles. The van der Waals surface area contributed by atoms with Gasteiger partial charge in [0, 0.05) is 24.0 Å². The third-order valence-electron chi connectivity index (χ3n) is 4.74. The number of fused-ring (bicyclic) bond motifs is 1. The number of hydrogen-bond donors (Lipinski definition) is 3. The minimum Gasteiger partial charge on any atom is -0.384 e. The predicted octanol–water partition coefficient (Wildman–Crippen LogP) is 3.70. The van der Waals surface area contributed by atoms with Crippen molar-refractivity contribution in [2.75, 3.05) is 16.4 Å². The highest BCUT2D eigenvalue weighted by atomic mass is 16.2. The van der Waals surface area contributed by atoms with E-state index in [0.717, 1.165) is 0 Å². The first-order valence-electron chi connectivity index (χ1n) is 9.84. The normalized spacial score (nSPS) is 10.9. The lowest BCUT2D eigenvalue weighted by Crippen LogP contribution is -2.22. The number of hydrogen-bond acceptors (Lipinski definition) is 7. The van der Waals surface area contributed by atoms with Crippen molar-refractivity contribution in [1.82, 2.24) is 29.1 Å². The number of para-hydroxylation sites is 1. The number of pyridine rings is 1. The zero-order chi connectivity index (χ0) is 22.1. The largest absolute Gasteiger partial charge is 0.384 e. The number of aryl methyl sites for hydroxylation is 1. The number of benzene rings is 1. The Morgan fingerprint density at radius 1 is 1.00 bits per heavy atom. The first-order chi connectivity index (χ1) is 15.6. The fraction of sp³-hybridized carbons (Fsp3) is 0.0455. The second-order valence-corrected chi connectivity index (χ2v) is 7.01. The monoisotopic (exact) mass is 425 g/mol. The topological polar surface area (TPSA) is 128 Å². The number of aromatic nitrogens is 6. The van der Waals surface area contributed by atoms with Gasteiger partial charge in [0.1, 0.15) is 28.8 Å². The van der Waals surface area contributed by atoms with Crippen molar-refractivity contribution >= 4 is 34.8 Å². The van der Waals surface area contributed by atoms with Crippen LogP contribution in [0.5, 0.6) is 0 Å². The van der Waals surface area contributed by atoms with Crippen molar-refractivity contribution in [2.45, 2.75) is 6.92 Å². The lowest BCUT2D eigenvalue weighted by atomic mass is 10.2. The molecule has 5 rings (SSSR count). The van der Waals surface area contributed by atoms with Crippen LogP contribution in [-0.2, 0) is 0 Å². The van der Waals surface area contributed by atoms with E-state index in [1.54, 1.807) is 31.2 Å². The summed E-state index contributed by atoms with van der Waals surface area (Å²) in [5.74, 6) is 1.85. The molecule has 0 saturated heterocycles. The fourth-order valence-corrected chi connectivity index (χ4v) is 3.42. The Bertz CT molecular complexity index is 1400. The van der Waals surface area contributed by atoms with Gasteiger partial charge in [-0.25, -0.2) is 19.7 Å². The SMILES string of the molecule is Cc1nc(N)cc(-c2c(Nc3ccnn3C(=O)Nc3ccccc3)nc3ccccn23)n1. The highest BCUT2D eigenvalue weighted by Gasteiger charge is 2.19. The molecule has 5 aromatic rings. The maximum atomic E-state index is 12.8. The zero-order valence-electron chi connectivity index (χ0n) is 17.1. The van der Waals surface area contributed by atoms with Crippen molar-refractivity contribution in [1.29, 1.82) is 0 Å². The molecule has 4 aromatic heterocycles. The molecule has 0 unspecified atom stereocenters. The molecule has 0 atom stereocenters. The van der Waals surface area contributed by atoms with E-state index >= 15 is 0 Å². The van der Waals surface area contributed by atoms with Gasteiger partial charge in [0.2, 0.25) is 0 Å². The van der Waals surface area contributed by atoms with Crippen LogP contribution in [0.25, 0.3) is 17.0 Å². The Balaban J connectivity index is 1.55. The van der Waals surface area contributed by atoms with Gasteiger partial charge in [0.15, 0.2) is 5.82 Å². The van der Waals surface area contributed by atoms with Gasteiger partial charge in [0.05, 0.1) is 11.9 Å². The van der Waals surface area contributed by atoms with Crippen LogP contribution in [-0.4, -0.2) is 35.2 Å². The highest BCUT2D eigenvalue weighted by molar-refractivity contribution is 5.93. The van der Waals surface area contributed by atoms with Gasteiger partial charge < -0.3 is 16.4 Å². The third kappa shape index (κ3) is 3.60. The smallest absolute Gasteiger partial charge is 0.348 e. The molecule has 10 heteroatoms. The second kappa shape index (κ2) is 7.84. The summed E-state index contributed by atoms with van der Waals surface area (Å²) in [5.41, 5.74) is 8.63. The fourth-order valence-electron chi connectivity index (χ4n) is 3.42. The first kappa shape index (κ1) is 19.2. The van der Waals surface area contributed by atoms with Gasteiger partial charge in [-0.1, -0.05) is 24.3 Å². The molecule has 0 aliphatic heterocycles. The van der Waals surface area contributed by atoms with Crippen LogP contribution < -0.4 is 16.4 Å². The molecule has 0 radical (unpaired) electrons. The number of nitrogens with two attached hydrogens (primary N) is 1. The van der Waals surface area contributed by atoms with Crippen LogP contribution in [0.1, 0.15) is 5.82 Å². The second-order valence-electron chi connectivity index (χ2n) is 7.01. The van der Waals surface area contributed by atoms with Gasteiger partial charge in [0.25, 0.3) is 0 Å². The lowest BCUT2D eigenvalue weighted by molar-refractivity contribution is 0.251.